The molecular weight excluding hydrogens is 342 g/mol. The first-order valence-corrected chi connectivity index (χ1v) is 9.02. The Morgan fingerprint density at radius 1 is 1.22 bits per heavy atom. The Bertz CT molecular complexity index is 905. The molecule has 0 atom stereocenters. The molecule has 4 rings (SSSR count). The first-order valence-electron chi connectivity index (χ1n) is 9.02. The Kier molecular flexibility index (Phi) is 4.82. The predicted molar refractivity (Wildman–Crippen MR) is 101 cm³/mol. The van der Waals surface area contributed by atoms with Crippen LogP contribution in [-0.4, -0.2) is 45.9 Å². The smallest absolute Gasteiger partial charge is 0.257 e. The second-order valence-electron chi connectivity index (χ2n) is 6.61. The summed E-state index contributed by atoms with van der Waals surface area (Å²) in [6, 6.07) is 7.40. The molecule has 1 aliphatic heterocycles. The van der Waals surface area contributed by atoms with E-state index in [1.165, 1.54) is 0 Å². The van der Waals surface area contributed by atoms with Crippen LogP contribution in [0.5, 0.6) is 0 Å². The van der Waals surface area contributed by atoms with Crippen LogP contribution in [0.25, 0.3) is 11.3 Å². The maximum Gasteiger partial charge on any atom is 0.257 e. The molecule has 1 amide bonds. The number of anilines is 1. The molecule has 0 spiro atoms. The van der Waals surface area contributed by atoms with Crippen LogP contribution in [0.2, 0.25) is 0 Å². The van der Waals surface area contributed by atoms with Crippen molar-refractivity contribution in [2.24, 2.45) is 0 Å². The molecular formula is C20H21N5O2. The van der Waals surface area contributed by atoms with Crippen LogP contribution in [0.1, 0.15) is 29.0 Å². The zero-order valence-electron chi connectivity index (χ0n) is 15.2. The summed E-state index contributed by atoms with van der Waals surface area (Å²) in [6.07, 6.45) is 8.93. The van der Waals surface area contributed by atoms with Crippen molar-refractivity contribution >= 4 is 11.9 Å². The highest BCUT2D eigenvalue weighted by molar-refractivity contribution is 5.99. The van der Waals surface area contributed by atoms with Crippen molar-refractivity contribution in [3.8, 4) is 11.3 Å². The van der Waals surface area contributed by atoms with Gasteiger partial charge in [-0.1, -0.05) is 0 Å². The Labute approximate surface area is 157 Å². The average molecular weight is 363 g/mol. The lowest BCUT2D eigenvalue weighted by Gasteiger charge is -2.20. The van der Waals surface area contributed by atoms with E-state index in [9.17, 15) is 4.79 Å². The predicted octanol–water partition coefficient (Wildman–Crippen LogP) is 3.00. The summed E-state index contributed by atoms with van der Waals surface area (Å²) in [6.45, 7) is 2.27. The molecule has 1 saturated heterocycles. The van der Waals surface area contributed by atoms with Gasteiger partial charge in [0.25, 0.3) is 5.91 Å². The highest BCUT2D eigenvalue weighted by atomic mass is 16.3. The minimum Gasteiger partial charge on any atom is -0.467 e. The maximum atomic E-state index is 13.1. The van der Waals surface area contributed by atoms with E-state index in [0.717, 1.165) is 37.3 Å². The molecule has 27 heavy (non-hydrogen) atoms. The highest BCUT2D eigenvalue weighted by Crippen LogP contribution is 2.25. The molecule has 0 aromatic carbocycles. The Morgan fingerprint density at radius 2 is 2.07 bits per heavy atom. The van der Waals surface area contributed by atoms with Gasteiger partial charge in [-0.2, -0.15) is 0 Å². The van der Waals surface area contributed by atoms with Crippen molar-refractivity contribution in [1.82, 2.24) is 19.9 Å². The van der Waals surface area contributed by atoms with Gasteiger partial charge in [0.05, 0.1) is 24.1 Å². The van der Waals surface area contributed by atoms with Crippen molar-refractivity contribution in [3.63, 3.8) is 0 Å². The third kappa shape index (κ3) is 3.67. The average Bonchev–Trinajstić information content (AvgIpc) is 3.42. The molecule has 1 aliphatic rings. The second-order valence-corrected chi connectivity index (χ2v) is 6.61. The van der Waals surface area contributed by atoms with Crippen molar-refractivity contribution in [1.29, 1.82) is 0 Å². The highest BCUT2D eigenvalue weighted by Gasteiger charge is 2.23. The molecule has 0 radical (unpaired) electrons. The summed E-state index contributed by atoms with van der Waals surface area (Å²) in [5.74, 6) is 1.23. The summed E-state index contributed by atoms with van der Waals surface area (Å²) in [5.41, 5.74) is 1.87. The first kappa shape index (κ1) is 17.2. The first-order chi connectivity index (χ1) is 13.2. The minimum atomic E-state index is -0.154. The van der Waals surface area contributed by atoms with Crippen molar-refractivity contribution in [3.05, 3.63) is 60.4 Å². The van der Waals surface area contributed by atoms with Gasteiger partial charge in [-0.05, 0) is 37.1 Å². The summed E-state index contributed by atoms with van der Waals surface area (Å²) >= 11 is 0. The standard InChI is InChI=1S/C20H21N5O2/c1-24(14-16-7-5-11-27-16)19(26)17-13-22-20(25-9-2-3-10-25)23-18(17)15-6-4-8-21-12-15/h4-8,11-13H,2-3,9-10,14H2,1H3. The van der Waals surface area contributed by atoms with E-state index in [4.69, 9.17) is 9.40 Å². The number of aromatic nitrogens is 3. The van der Waals surface area contributed by atoms with Gasteiger partial charge in [-0.3, -0.25) is 9.78 Å². The number of hydrogen-bond donors (Lipinski definition) is 0. The summed E-state index contributed by atoms with van der Waals surface area (Å²) < 4.78 is 5.35. The second kappa shape index (κ2) is 7.57. The number of furan rings is 1. The van der Waals surface area contributed by atoms with Gasteiger partial charge in [0.2, 0.25) is 5.95 Å². The van der Waals surface area contributed by atoms with Crippen molar-refractivity contribution < 1.29 is 9.21 Å². The zero-order chi connectivity index (χ0) is 18.6. The lowest BCUT2D eigenvalue weighted by molar-refractivity contribution is 0.0775. The molecule has 138 valence electrons. The van der Waals surface area contributed by atoms with Gasteiger partial charge in [0.15, 0.2) is 0 Å². The molecule has 0 N–H and O–H groups in total. The molecule has 7 heteroatoms. The van der Waals surface area contributed by atoms with E-state index in [1.54, 1.807) is 36.8 Å². The quantitative estimate of drug-likeness (QED) is 0.694. The molecule has 0 unspecified atom stereocenters. The van der Waals surface area contributed by atoms with Crippen molar-refractivity contribution in [2.75, 3.05) is 25.0 Å². The molecule has 0 aliphatic carbocycles. The van der Waals surface area contributed by atoms with Crippen LogP contribution in [0.3, 0.4) is 0 Å². The maximum absolute atomic E-state index is 13.1. The number of nitrogens with zero attached hydrogens (tertiary/aromatic N) is 5. The monoisotopic (exact) mass is 363 g/mol. The Hall–Kier alpha value is -3.22. The fourth-order valence-electron chi connectivity index (χ4n) is 3.24. The van der Waals surface area contributed by atoms with Gasteiger partial charge in [-0.25, -0.2) is 9.97 Å². The normalized spacial score (nSPS) is 13.7. The molecule has 7 nitrogen and oxygen atoms in total. The Balaban J connectivity index is 1.69. The third-order valence-corrected chi connectivity index (χ3v) is 4.65. The van der Waals surface area contributed by atoms with Crippen LogP contribution in [-0.2, 0) is 6.54 Å². The largest absolute Gasteiger partial charge is 0.467 e. The molecule has 3 aromatic heterocycles. The van der Waals surface area contributed by atoms with E-state index in [-0.39, 0.29) is 5.91 Å². The molecule has 1 fully saturated rings. The summed E-state index contributed by atoms with van der Waals surface area (Å²) in [7, 11) is 1.74. The van der Waals surface area contributed by atoms with E-state index >= 15 is 0 Å². The van der Waals surface area contributed by atoms with E-state index in [0.29, 0.717) is 23.8 Å². The number of hydrogen-bond acceptors (Lipinski definition) is 6. The molecule has 0 saturated carbocycles. The van der Waals surface area contributed by atoms with Crippen LogP contribution in [0.4, 0.5) is 5.95 Å². The minimum absolute atomic E-state index is 0.154. The lowest BCUT2D eigenvalue weighted by atomic mass is 10.1. The van der Waals surface area contributed by atoms with Crippen LogP contribution in [0.15, 0.2) is 53.5 Å². The van der Waals surface area contributed by atoms with E-state index in [2.05, 4.69) is 14.9 Å². The number of rotatable bonds is 5. The lowest BCUT2D eigenvalue weighted by Crippen LogP contribution is -2.28. The summed E-state index contributed by atoms with van der Waals surface area (Å²) in [5, 5.41) is 0. The van der Waals surface area contributed by atoms with Gasteiger partial charge < -0.3 is 14.2 Å². The van der Waals surface area contributed by atoms with E-state index in [1.807, 2.05) is 24.3 Å². The fourth-order valence-corrected chi connectivity index (χ4v) is 3.24. The summed E-state index contributed by atoms with van der Waals surface area (Å²) in [4.78, 5) is 30.2. The third-order valence-electron chi connectivity index (χ3n) is 4.65. The van der Waals surface area contributed by atoms with Crippen LogP contribution < -0.4 is 4.90 Å². The van der Waals surface area contributed by atoms with Crippen LogP contribution >= 0.6 is 0 Å². The number of pyridine rings is 1. The fraction of sp³-hybridized carbons (Fsp3) is 0.300. The van der Waals surface area contributed by atoms with Gasteiger partial charge in [0.1, 0.15) is 5.76 Å². The van der Waals surface area contributed by atoms with Crippen LogP contribution in [0, 0.1) is 0 Å². The number of carbonyl (C=O) groups is 1. The SMILES string of the molecule is CN(Cc1ccco1)C(=O)c1cnc(N2CCCC2)nc1-c1cccnc1. The molecule has 3 aromatic rings. The van der Waals surface area contributed by atoms with Crippen molar-refractivity contribution in [2.45, 2.75) is 19.4 Å². The molecule has 0 bridgehead atoms. The van der Waals surface area contributed by atoms with Gasteiger partial charge in [0, 0.05) is 44.3 Å². The number of amides is 1. The molecule has 4 heterocycles. The van der Waals surface area contributed by atoms with E-state index < -0.39 is 0 Å². The topological polar surface area (TPSA) is 75.4 Å². The Morgan fingerprint density at radius 3 is 2.78 bits per heavy atom. The van der Waals surface area contributed by atoms with Gasteiger partial charge >= 0.3 is 0 Å². The van der Waals surface area contributed by atoms with Gasteiger partial charge in [-0.15, -0.1) is 0 Å². The zero-order valence-corrected chi connectivity index (χ0v) is 15.2. The number of carbonyl (C=O) groups excluding carboxylic acids is 1.